The van der Waals surface area contributed by atoms with E-state index >= 15 is 0 Å². The first-order chi connectivity index (χ1) is 7.58. The van der Waals surface area contributed by atoms with Crippen LogP contribution in [-0.2, 0) is 0 Å². The van der Waals surface area contributed by atoms with Gasteiger partial charge in [-0.15, -0.1) is 11.3 Å². The van der Waals surface area contributed by atoms with Crippen molar-refractivity contribution in [2.24, 2.45) is 0 Å². The van der Waals surface area contributed by atoms with E-state index in [2.05, 4.69) is 47.8 Å². The van der Waals surface area contributed by atoms with Gasteiger partial charge in [-0.05, 0) is 45.6 Å². The summed E-state index contributed by atoms with van der Waals surface area (Å²) < 4.78 is 2.62. The largest absolute Gasteiger partial charge is 0.288 e. The lowest BCUT2D eigenvalue weighted by atomic mass is 10.1. The Bertz CT molecular complexity index is 528. The molecule has 5 heteroatoms. The monoisotopic (exact) mass is 422 g/mol. The summed E-state index contributed by atoms with van der Waals surface area (Å²) in [7, 11) is 0. The summed E-state index contributed by atoms with van der Waals surface area (Å²) in [6.45, 7) is 0. The molecule has 2 aromatic rings. The topological polar surface area (TPSA) is 17.1 Å². The second-order valence-corrected chi connectivity index (χ2v) is 6.69. The Morgan fingerprint density at radius 3 is 2.19 bits per heavy atom. The molecule has 1 aromatic heterocycles. The van der Waals surface area contributed by atoms with Crippen molar-refractivity contribution in [1.29, 1.82) is 0 Å². The van der Waals surface area contributed by atoms with E-state index in [1.807, 2.05) is 29.6 Å². The minimum absolute atomic E-state index is 0.0314. The van der Waals surface area contributed by atoms with E-state index in [9.17, 15) is 4.79 Å². The molecule has 0 saturated carbocycles. The third-order valence-corrected chi connectivity index (χ3v) is 4.70. The van der Waals surface area contributed by atoms with Crippen LogP contribution in [0.4, 0.5) is 0 Å². The molecule has 0 amide bonds. The number of hydrogen-bond donors (Lipinski definition) is 0. The van der Waals surface area contributed by atoms with Gasteiger partial charge in [-0.3, -0.25) is 4.79 Å². The zero-order valence-corrected chi connectivity index (χ0v) is 13.4. The fourth-order valence-corrected chi connectivity index (χ4v) is 4.08. The molecule has 1 heterocycles. The van der Waals surface area contributed by atoms with E-state index in [1.54, 1.807) is 0 Å². The van der Waals surface area contributed by atoms with Crippen molar-refractivity contribution in [3.8, 4) is 0 Å². The molecule has 2 rings (SSSR count). The van der Waals surface area contributed by atoms with Crippen molar-refractivity contribution >= 4 is 64.9 Å². The molecule has 0 radical (unpaired) electrons. The van der Waals surface area contributed by atoms with Crippen LogP contribution in [0.25, 0.3) is 0 Å². The Kier molecular flexibility index (Phi) is 4.00. The number of halogens is 3. The summed E-state index contributed by atoms with van der Waals surface area (Å²) in [6, 6.07) is 7.42. The van der Waals surface area contributed by atoms with Crippen LogP contribution in [0.5, 0.6) is 0 Å². The molecule has 16 heavy (non-hydrogen) atoms. The maximum absolute atomic E-state index is 12.2. The van der Waals surface area contributed by atoms with Crippen LogP contribution in [0.15, 0.2) is 43.1 Å². The van der Waals surface area contributed by atoms with Crippen LogP contribution >= 0.6 is 59.1 Å². The van der Waals surface area contributed by atoms with Crippen LogP contribution in [-0.4, -0.2) is 5.78 Å². The molecule has 82 valence electrons. The van der Waals surface area contributed by atoms with Crippen molar-refractivity contribution in [3.63, 3.8) is 0 Å². The normalized spacial score (nSPS) is 10.4. The molecule has 0 aliphatic heterocycles. The Balaban J connectivity index is 2.45. The highest BCUT2D eigenvalue weighted by Crippen LogP contribution is 2.28. The number of carbonyl (C=O) groups is 1. The summed E-state index contributed by atoms with van der Waals surface area (Å²) >= 11 is 11.5. The molecule has 1 nitrogen and oxygen atoms in total. The van der Waals surface area contributed by atoms with E-state index in [0.717, 1.165) is 18.3 Å². The summed E-state index contributed by atoms with van der Waals surface area (Å²) in [5.41, 5.74) is 0.671. The van der Waals surface area contributed by atoms with Gasteiger partial charge in [-0.2, -0.15) is 0 Å². The first-order valence-electron chi connectivity index (χ1n) is 4.31. The minimum atomic E-state index is 0.0314. The molecule has 0 unspecified atom stereocenters. The maximum Gasteiger partial charge on any atom is 0.204 e. The van der Waals surface area contributed by atoms with Gasteiger partial charge in [0.1, 0.15) is 0 Å². The van der Waals surface area contributed by atoms with Gasteiger partial charge in [-0.1, -0.05) is 31.9 Å². The maximum atomic E-state index is 12.2. The molecular formula is C11H5Br3OS. The van der Waals surface area contributed by atoms with Crippen LogP contribution in [0.3, 0.4) is 0 Å². The van der Waals surface area contributed by atoms with Gasteiger partial charge in [0.05, 0.1) is 4.88 Å². The van der Waals surface area contributed by atoms with Crippen molar-refractivity contribution in [1.82, 2.24) is 0 Å². The van der Waals surface area contributed by atoms with Crippen LogP contribution < -0.4 is 0 Å². The lowest BCUT2D eigenvalue weighted by Crippen LogP contribution is -1.99. The van der Waals surface area contributed by atoms with Crippen molar-refractivity contribution < 1.29 is 4.79 Å². The smallest absolute Gasteiger partial charge is 0.204 e. The van der Waals surface area contributed by atoms with Gasteiger partial charge in [0, 0.05) is 19.0 Å². The lowest BCUT2D eigenvalue weighted by Gasteiger charge is -2.01. The third kappa shape index (κ3) is 2.64. The van der Waals surface area contributed by atoms with Crippen molar-refractivity contribution in [2.75, 3.05) is 0 Å². The van der Waals surface area contributed by atoms with E-state index in [0.29, 0.717) is 5.56 Å². The highest BCUT2D eigenvalue weighted by Gasteiger charge is 2.14. The van der Waals surface area contributed by atoms with Crippen LogP contribution in [0.2, 0.25) is 0 Å². The Morgan fingerprint density at radius 1 is 1.06 bits per heavy atom. The summed E-state index contributed by atoms with van der Waals surface area (Å²) in [6.07, 6.45) is 0. The van der Waals surface area contributed by atoms with Gasteiger partial charge in [0.2, 0.25) is 5.78 Å². The predicted octanol–water partition coefficient (Wildman–Crippen LogP) is 5.27. The first kappa shape index (κ1) is 12.5. The number of rotatable bonds is 2. The van der Waals surface area contributed by atoms with Gasteiger partial charge in [0.25, 0.3) is 0 Å². The standard InChI is InChI=1S/C11H5Br3OS/c12-7-3-6(4-8(13)5-7)10(15)11-9(14)1-2-16-11/h1-5H. The number of hydrogen-bond acceptors (Lipinski definition) is 2. The van der Waals surface area contributed by atoms with Gasteiger partial charge >= 0.3 is 0 Å². The molecule has 0 saturated heterocycles. The Morgan fingerprint density at radius 2 is 1.69 bits per heavy atom. The average Bonchev–Trinajstić information content (AvgIpc) is 2.62. The Hall–Kier alpha value is 0.0300. The molecule has 0 fully saturated rings. The zero-order valence-electron chi connectivity index (χ0n) is 7.84. The second kappa shape index (κ2) is 5.12. The molecule has 0 aliphatic carbocycles. The predicted molar refractivity (Wildman–Crippen MR) is 77.3 cm³/mol. The Labute approximate surface area is 122 Å². The van der Waals surface area contributed by atoms with E-state index < -0.39 is 0 Å². The van der Waals surface area contributed by atoms with Crippen molar-refractivity contribution in [2.45, 2.75) is 0 Å². The quantitative estimate of drug-likeness (QED) is 0.600. The van der Waals surface area contributed by atoms with E-state index in [-0.39, 0.29) is 5.78 Å². The molecule has 0 N–H and O–H groups in total. The van der Waals surface area contributed by atoms with Crippen molar-refractivity contribution in [3.05, 3.63) is 53.5 Å². The molecule has 1 aromatic carbocycles. The lowest BCUT2D eigenvalue weighted by molar-refractivity contribution is 0.104. The second-order valence-electron chi connectivity index (χ2n) is 3.08. The SMILES string of the molecule is O=C(c1cc(Br)cc(Br)c1)c1sccc1Br. The zero-order chi connectivity index (χ0) is 11.7. The van der Waals surface area contributed by atoms with E-state index in [1.165, 1.54) is 11.3 Å². The highest BCUT2D eigenvalue weighted by atomic mass is 79.9. The fraction of sp³-hybridized carbons (Fsp3) is 0. The minimum Gasteiger partial charge on any atom is -0.288 e. The summed E-state index contributed by atoms with van der Waals surface area (Å²) in [5, 5.41) is 1.89. The van der Waals surface area contributed by atoms with Gasteiger partial charge in [-0.25, -0.2) is 0 Å². The summed E-state index contributed by atoms with van der Waals surface area (Å²) in [5.74, 6) is 0.0314. The average molecular weight is 425 g/mol. The molecule has 0 aliphatic rings. The van der Waals surface area contributed by atoms with Gasteiger partial charge in [0.15, 0.2) is 0 Å². The number of benzene rings is 1. The first-order valence-corrected chi connectivity index (χ1v) is 7.57. The summed E-state index contributed by atoms with van der Waals surface area (Å²) in [4.78, 5) is 12.9. The number of carbonyl (C=O) groups excluding carboxylic acids is 1. The van der Waals surface area contributed by atoms with E-state index in [4.69, 9.17) is 0 Å². The molecular weight excluding hydrogens is 420 g/mol. The number of ketones is 1. The fourth-order valence-electron chi connectivity index (χ4n) is 1.27. The number of thiophene rings is 1. The molecule has 0 bridgehead atoms. The molecule has 0 atom stereocenters. The van der Waals surface area contributed by atoms with Crippen LogP contribution in [0, 0.1) is 0 Å². The van der Waals surface area contributed by atoms with Gasteiger partial charge < -0.3 is 0 Å². The molecule has 0 spiro atoms. The van der Waals surface area contributed by atoms with Crippen LogP contribution in [0.1, 0.15) is 15.2 Å². The highest BCUT2D eigenvalue weighted by molar-refractivity contribution is 9.11. The third-order valence-electron chi connectivity index (χ3n) is 1.95.